The summed E-state index contributed by atoms with van der Waals surface area (Å²) in [5, 5.41) is 0. The van der Waals surface area contributed by atoms with Crippen LogP contribution in [0.15, 0.2) is 36.5 Å². The van der Waals surface area contributed by atoms with Gasteiger partial charge in [-0.1, -0.05) is 42.4 Å². The third kappa shape index (κ3) is 9.26. The molecule has 2 N–H and O–H groups in total. The van der Waals surface area contributed by atoms with Crippen LogP contribution in [0, 0.1) is 12.3 Å². The predicted octanol–water partition coefficient (Wildman–Crippen LogP) is 1.96. The van der Waals surface area contributed by atoms with Crippen molar-refractivity contribution in [3.63, 3.8) is 0 Å². The predicted molar refractivity (Wildman–Crippen MR) is 72.0 cm³/mol. The number of terminal acetylenes is 1. The molecule has 0 aromatic heterocycles. The first kappa shape index (κ1) is 14.7. The standard InChI is InChI=1S/C14H22N2/c1-3-5-6-7-8-9-13-16(12-4-2)14-10-11-15/h2-3,5-9H,10-15H2,1H3/b5-3-,7-6-,9-8+. The van der Waals surface area contributed by atoms with Gasteiger partial charge in [-0.05, 0) is 19.9 Å². The van der Waals surface area contributed by atoms with E-state index in [1.54, 1.807) is 0 Å². The molecular formula is C14H22N2. The fourth-order valence-electron chi connectivity index (χ4n) is 1.21. The minimum Gasteiger partial charge on any atom is -0.330 e. The first-order valence-electron chi connectivity index (χ1n) is 5.65. The van der Waals surface area contributed by atoms with E-state index in [-0.39, 0.29) is 0 Å². The quantitative estimate of drug-likeness (QED) is 0.498. The Kier molecular flexibility index (Phi) is 10.8. The Morgan fingerprint density at radius 3 is 2.62 bits per heavy atom. The highest BCUT2D eigenvalue weighted by molar-refractivity contribution is 5.11. The zero-order valence-electron chi connectivity index (χ0n) is 10.1. The number of hydrogen-bond donors (Lipinski definition) is 1. The second-order valence-corrected chi connectivity index (χ2v) is 3.42. The fraction of sp³-hybridized carbons (Fsp3) is 0.429. The zero-order chi connectivity index (χ0) is 12.1. The lowest BCUT2D eigenvalue weighted by Gasteiger charge is -2.16. The largest absolute Gasteiger partial charge is 0.330 e. The van der Waals surface area contributed by atoms with Crippen molar-refractivity contribution in [2.45, 2.75) is 13.3 Å². The molecule has 0 rings (SSSR count). The third-order valence-corrected chi connectivity index (χ3v) is 2.02. The molecule has 0 aliphatic rings. The van der Waals surface area contributed by atoms with E-state index in [9.17, 15) is 0 Å². The highest BCUT2D eigenvalue weighted by Crippen LogP contribution is 1.91. The van der Waals surface area contributed by atoms with E-state index in [4.69, 9.17) is 12.2 Å². The molecule has 0 aliphatic carbocycles. The van der Waals surface area contributed by atoms with Crippen LogP contribution < -0.4 is 5.73 Å². The van der Waals surface area contributed by atoms with Crippen molar-refractivity contribution < 1.29 is 0 Å². The van der Waals surface area contributed by atoms with Gasteiger partial charge in [0, 0.05) is 13.1 Å². The van der Waals surface area contributed by atoms with E-state index in [0.29, 0.717) is 13.1 Å². The van der Waals surface area contributed by atoms with E-state index in [1.807, 2.05) is 37.3 Å². The summed E-state index contributed by atoms with van der Waals surface area (Å²) in [6, 6.07) is 0. The van der Waals surface area contributed by atoms with Gasteiger partial charge in [0.1, 0.15) is 0 Å². The van der Waals surface area contributed by atoms with E-state index in [1.165, 1.54) is 0 Å². The van der Waals surface area contributed by atoms with Crippen LogP contribution in [0.25, 0.3) is 0 Å². The average molecular weight is 218 g/mol. The molecule has 0 aromatic carbocycles. The lowest BCUT2D eigenvalue weighted by Crippen LogP contribution is -2.26. The number of hydrogen-bond acceptors (Lipinski definition) is 2. The summed E-state index contributed by atoms with van der Waals surface area (Å²) in [7, 11) is 0. The smallest absolute Gasteiger partial charge is 0.0601 e. The molecule has 0 amide bonds. The molecule has 88 valence electrons. The van der Waals surface area contributed by atoms with E-state index in [2.05, 4.69) is 16.9 Å². The molecule has 2 nitrogen and oxygen atoms in total. The highest BCUT2D eigenvalue weighted by Gasteiger charge is 1.98. The molecule has 0 spiro atoms. The van der Waals surface area contributed by atoms with Gasteiger partial charge in [0.25, 0.3) is 0 Å². The molecule has 0 radical (unpaired) electrons. The highest BCUT2D eigenvalue weighted by atomic mass is 15.1. The Morgan fingerprint density at radius 1 is 1.25 bits per heavy atom. The molecule has 0 unspecified atom stereocenters. The van der Waals surface area contributed by atoms with Crippen molar-refractivity contribution in [1.29, 1.82) is 0 Å². The van der Waals surface area contributed by atoms with Crippen molar-refractivity contribution in [2.24, 2.45) is 5.73 Å². The second-order valence-electron chi connectivity index (χ2n) is 3.42. The molecule has 0 saturated carbocycles. The lowest BCUT2D eigenvalue weighted by atomic mass is 10.3. The van der Waals surface area contributed by atoms with Crippen LogP contribution in [0.4, 0.5) is 0 Å². The normalized spacial score (nSPS) is 12.1. The van der Waals surface area contributed by atoms with Crippen LogP contribution in [-0.2, 0) is 0 Å². The molecule has 0 aliphatic heterocycles. The summed E-state index contributed by atoms with van der Waals surface area (Å²) in [5.74, 6) is 2.66. The third-order valence-electron chi connectivity index (χ3n) is 2.02. The fourth-order valence-corrected chi connectivity index (χ4v) is 1.21. The van der Waals surface area contributed by atoms with Crippen molar-refractivity contribution in [1.82, 2.24) is 4.90 Å². The van der Waals surface area contributed by atoms with Crippen molar-refractivity contribution in [2.75, 3.05) is 26.2 Å². The average Bonchev–Trinajstić information content (AvgIpc) is 2.30. The summed E-state index contributed by atoms with van der Waals surface area (Å²) in [6.07, 6.45) is 18.4. The van der Waals surface area contributed by atoms with Gasteiger partial charge < -0.3 is 5.73 Å². The van der Waals surface area contributed by atoms with Crippen molar-refractivity contribution in [3.8, 4) is 12.3 Å². The van der Waals surface area contributed by atoms with Crippen LogP contribution in [0.2, 0.25) is 0 Å². The molecule has 0 fully saturated rings. The number of allylic oxidation sites excluding steroid dienone is 5. The van der Waals surface area contributed by atoms with Gasteiger partial charge in [0.2, 0.25) is 0 Å². The van der Waals surface area contributed by atoms with Gasteiger partial charge in [-0.15, -0.1) is 6.42 Å². The SMILES string of the molecule is C#CCN(C/C=C/C=C\C=C/C)CCCN. The Morgan fingerprint density at radius 2 is 2.00 bits per heavy atom. The molecule has 0 heterocycles. The molecule has 0 aromatic rings. The molecular weight excluding hydrogens is 196 g/mol. The lowest BCUT2D eigenvalue weighted by molar-refractivity contribution is 0.337. The maximum Gasteiger partial charge on any atom is 0.0601 e. The minimum atomic E-state index is 0.683. The van der Waals surface area contributed by atoms with Crippen LogP contribution in [0.5, 0.6) is 0 Å². The van der Waals surface area contributed by atoms with E-state index >= 15 is 0 Å². The maximum atomic E-state index is 5.47. The number of nitrogens with two attached hydrogens (primary N) is 1. The number of rotatable bonds is 8. The Balaban J connectivity index is 3.86. The van der Waals surface area contributed by atoms with Crippen molar-refractivity contribution in [3.05, 3.63) is 36.5 Å². The topological polar surface area (TPSA) is 29.3 Å². The second kappa shape index (κ2) is 11.8. The summed E-state index contributed by atoms with van der Waals surface area (Å²) < 4.78 is 0. The van der Waals surface area contributed by atoms with Gasteiger partial charge in [0.05, 0.1) is 6.54 Å². The summed E-state index contributed by atoms with van der Waals surface area (Å²) >= 11 is 0. The van der Waals surface area contributed by atoms with Gasteiger partial charge in [-0.2, -0.15) is 0 Å². The van der Waals surface area contributed by atoms with Crippen LogP contribution >= 0.6 is 0 Å². The zero-order valence-corrected chi connectivity index (χ0v) is 10.1. The first-order chi connectivity index (χ1) is 7.85. The molecule has 0 atom stereocenters. The Hall–Kier alpha value is -1.30. The van der Waals surface area contributed by atoms with E-state index < -0.39 is 0 Å². The van der Waals surface area contributed by atoms with Gasteiger partial charge in [-0.3, -0.25) is 4.90 Å². The van der Waals surface area contributed by atoms with Gasteiger partial charge in [0.15, 0.2) is 0 Å². The van der Waals surface area contributed by atoms with Crippen LogP contribution in [0.3, 0.4) is 0 Å². The van der Waals surface area contributed by atoms with Crippen LogP contribution in [0.1, 0.15) is 13.3 Å². The van der Waals surface area contributed by atoms with Gasteiger partial charge >= 0.3 is 0 Å². The molecule has 0 saturated heterocycles. The Bertz CT molecular complexity index is 269. The number of nitrogens with zero attached hydrogens (tertiary/aromatic N) is 1. The minimum absolute atomic E-state index is 0.683. The summed E-state index contributed by atoms with van der Waals surface area (Å²) in [5.41, 5.74) is 5.47. The maximum absolute atomic E-state index is 5.47. The van der Waals surface area contributed by atoms with Crippen LogP contribution in [-0.4, -0.2) is 31.1 Å². The molecule has 2 heteroatoms. The monoisotopic (exact) mass is 218 g/mol. The Labute approximate surface area is 99.5 Å². The van der Waals surface area contributed by atoms with Gasteiger partial charge in [-0.25, -0.2) is 0 Å². The van der Waals surface area contributed by atoms with Crippen molar-refractivity contribution >= 4 is 0 Å². The first-order valence-corrected chi connectivity index (χ1v) is 5.65. The summed E-state index contributed by atoms with van der Waals surface area (Å²) in [6.45, 7) is 5.23. The molecule has 0 bridgehead atoms. The molecule has 16 heavy (non-hydrogen) atoms. The van der Waals surface area contributed by atoms with E-state index in [0.717, 1.165) is 19.5 Å². The summed E-state index contributed by atoms with van der Waals surface area (Å²) in [4.78, 5) is 2.20.